The summed E-state index contributed by atoms with van der Waals surface area (Å²) in [6.07, 6.45) is 6.40. The van der Waals surface area contributed by atoms with Crippen molar-refractivity contribution in [2.45, 2.75) is 44.7 Å². The van der Waals surface area contributed by atoms with E-state index in [1.165, 1.54) is 0 Å². The van der Waals surface area contributed by atoms with E-state index in [1.54, 1.807) is 29.4 Å². The van der Waals surface area contributed by atoms with Crippen molar-refractivity contribution in [1.82, 2.24) is 10.2 Å². The van der Waals surface area contributed by atoms with E-state index in [2.05, 4.69) is 10.2 Å². The molecule has 4 heterocycles. The van der Waals surface area contributed by atoms with Gasteiger partial charge in [-0.25, -0.2) is 0 Å². The second kappa shape index (κ2) is 8.68. The summed E-state index contributed by atoms with van der Waals surface area (Å²) in [5, 5.41) is 2.82. The molecule has 3 amide bonds. The number of nitrogens with one attached hydrogen (secondary N) is 1. The molecule has 2 saturated heterocycles. The number of likely N-dealkylation sites (tertiary alicyclic amines) is 1. The number of amides is 3. The number of hydrogen-bond donors (Lipinski definition) is 1. The van der Waals surface area contributed by atoms with Crippen LogP contribution in [-0.2, 0) is 16.1 Å². The average molecular weight is 437 g/mol. The average Bonchev–Trinajstić information content (AvgIpc) is 3.54. The zero-order chi connectivity index (χ0) is 22.1. The lowest BCUT2D eigenvalue weighted by atomic mass is 9.95. The number of hydrogen-bond acceptors (Lipinski definition) is 5. The van der Waals surface area contributed by atoms with Crippen molar-refractivity contribution in [2.75, 3.05) is 36.0 Å². The van der Waals surface area contributed by atoms with Crippen molar-refractivity contribution in [3.8, 4) is 0 Å². The molecule has 0 bridgehead atoms. The Hall–Kier alpha value is -3.29. The van der Waals surface area contributed by atoms with E-state index in [-0.39, 0.29) is 36.9 Å². The van der Waals surface area contributed by atoms with Crippen LogP contribution in [0.3, 0.4) is 0 Å². The SMILES string of the molecule is O=C(CN1C(=O)[C@H]2CCCCN2c2ccc(C(=O)N3CCCC3)cc21)NCc1ccco1. The highest BCUT2D eigenvalue weighted by atomic mass is 16.3. The van der Waals surface area contributed by atoms with Gasteiger partial charge in [0.2, 0.25) is 11.8 Å². The molecule has 1 atom stereocenters. The molecule has 3 aliphatic heterocycles. The first-order chi connectivity index (χ1) is 15.6. The topological polar surface area (TPSA) is 86.1 Å². The molecular formula is C24H28N4O4. The minimum atomic E-state index is -0.263. The first-order valence-corrected chi connectivity index (χ1v) is 11.4. The predicted molar refractivity (Wildman–Crippen MR) is 119 cm³/mol. The minimum absolute atomic E-state index is 0.0132. The Kier molecular flexibility index (Phi) is 5.59. The quantitative estimate of drug-likeness (QED) is 0.779. The van der Waals surface area contributed by atoms with Gasteiger partial charge in [0.1, 0.15) is 18.3 Å². The highest BCUT2D eigenvalue weighted by Gasteiger charge is 2.40. The normalized spacial score (nSPS) is 20.2. The number of rotatable bonds is 5. The van der Waals surface area contributed by atoms with Crippen LogP contribution in [0.4, 0.5) is 11.4 Å². The van der Waals surface area contributed by atoms with Crippen LogP contribution >= 0.6 is 0 Å². The van der Waals surface area contributed by atoms with Crippen LogP contribution in [-0.4, -0.2) is 54.8 Å². The van der Waals surface area contributed by atoms with Gasteiger partial charge in [-0.1, -0.05) is 0 Å². The molecule has 0 saturated carbocycles. The van der Waals surface area contributed by atoms with E-state index in [9.17, 15) is 14.4 Å². The molecule has 0 radical (unpaired) electrons. The molecule has 3 aliphatic rings. The summed E-state index contributed by atoms with van der Waals surface area (Å²) >= 11 is 0. The largest absolute Gasteiger partial charge is 0.467 e. The second-order valence-corrected chi connectivity index (χ2v) is 8.69. The molecule has 0 unspecified atom stereocenters. The lowest BCUT2D eigenvalue weighted by Gasteiger charge is -2.45. The summed E-state index contributed by atoms with van der Waals surface area (Å²) in [5.74, 6) is 0.304. The summed E-state index contributed by atoms with van der Waals surface area (Å²) in [7, 11) is 0. The van der Waals surface area contributed by atoms with E-state index >= 15 is 0 Å². The Morgan fingerprint density at radius 3 is 2.62 bits per heavy atom. The van der Waals surface area contributed by atoms with Gasteiger partial charge in [0, 0.05) is 25.2 Å². The van der Waals surface area contributed by atoms with Crippen molar-refractivity contribution in [3.63, 3.8) is 0 Å². The summed E-state index contributed by atoms with van der Waals surface area (Å²) in [5.41, 5.74) is 2.13. The van der Waals surface area contributed by atoms with Crippen LogP contribution in [0.2, 0.25) is 0 Å². The fourth-order valence-electron chi connectivity index (χ4n) is 4.96. The van der Waals surface area contributed by atoms with Gasteiger partial charge in [-0.3, -0.25) is 19.3 Å². The third kappa shape index (κ3) is 3.85. The van der Waals surface area contributed by atoms with Gasteiger partial charge in [-0.2, -0.15) is 0 Å². The zero-order valence-electron chi connectivity index (χ0n) is 18.1. The molecule has 8 nitrogen and oxygen atoms in total. The van der Waals surface area contributed by atoms with Crippen molar-refractivity contribution in [2.24, 2.45) is 0 Å². The number of nitrogens with zero attached hydrogens (tertiary/aromatic N) is 3. The van der Waals surface area contributed by atoms with Crippen LogP contribution in [0.1, 0.15) is 48.2 Å². The van der Waals surface area contributed by atoms with E-state index in [4.69, 9.17) is 4.42 Å². The van der Waals surface area contributed by atoms with Crippen molar-refractivity contribution < 1.29 is 18.8 Å². The number of anilines is 2. The third-order valence-corrected chi connectivity index (χ3v) is 6.61. The van der Waals surface area contributed by atoms with Crippen molar-refractivity contribution >= 4 is 29.1 Å². The van der Waals surface area contributed by atoms with Gasteiger partial charge in [-0.15, -0.1) is 0 Å². The standard InChI is InChI=1S/C24H28N4O4/c29-22(25-15-18-6-5-13-32-18)16-28-21-14-17(23(30)26-10-3-4-11-26)8-9-19(21)27-12-2-1-7-20(27)24(28)31/h5-6,8-9,13-14,20H,1-4,7,10-12,15-16H2,(H,25,29)/t20-/m1/s1. The molecule has 1 N–H and O–H groups in total. The molecule has 1 aromatic carbocycles. The Labute approximate surface area is 187 Å². The maximum absolute atomic E-state index is 13.4. The molecule has 5 rings (SSSR count). The molecule has 2 fully saturated rings. The molecule has 32 heavy (non-hydrogen) atoms. The van der Waals surface area contributed by atoms with Crippen LogP contribution in [0.25, 0.3) is 0 Å². The number of piperidine rings is 1. The van der Waals surface area contributed by atoms with E-state index in [1.807, 2.05) is 17.0 Å². The summed E-state index contributed by atoms with van der Waals surface area (Å²) in [6.45, 7) is 2.52. The number of fused-ring (bicyclic) bond motifs is 3. The van der Waals surface area contributed by atoms with Crippen LogP contribution in [0.15, 0.2) is 41.0 Å². The molecule has 8 heteroatoms. The third-order valence-electron chi connectivity index (χ3n) is 6.61. The fraction of sp³-hybridized carbons (Fsp3) is 0.458. The van der Waals surface area contributed by atoms with Gasteiger partial charge in [0.05, 0.1) is 24.2 Å². The fourth-order valence-corrected chi connectivity index (χ4v) is 4.96. The van der Waals surface area contributed by atoms with E-state index < -0.39 is 0 Å². The van der Waals surface area contributed by atoms with Gasteiger partial charge in [0.25, 0.3) is 5.91 Å². The van der Waals surface area contributed by atoms with Gasteiger partial charge in [-0.05, 0) is 62.4 Å². The molecule has 2 aromatic rings. The Morgan fingerprint density at radius 1 is 1.03 bits per heavy atom. The lowest BCUT2D eigenvalue weighted by Crippen LogP contribution is -2.57. The first kappa shape index (κ1) is 20.6. The van der Waals surface area contributed by atoms with Gasteiger partial charge in [0.15, 0.2) is 0 Å². The molecule has 168 valence electrons. The van der Waals surface area contributed by atoms with Gasteiger partial charge >= 0.3 is 0 Å². The summed E-state index contributed by atoms with van der Waals surface area (Å²) < 4.78 is 5.27. The van der Waals surface area contributed by atoms with Crippen LogP contribution in [0.5, 0.6) is 0 Å². The number of furan rings is 1. The molecule has 0 aliphatic carbocycles. The van der Waals surface area contributed by atoms with E-state index in [0.717, 1.165) is 57.4 Å². The Balaban J connectivity index is 1.42. The van der Waals surface area contributed by atoms with Crippen LogP contribution < -0.4 is 15.1 Å². The van der Waals surface area contributed by atoms with Crippen molar-refractivity contribution in [3.05, 3.63) is 47.9 Å². The Bertz CT molecular complexity index is 1010. The lowest BCUT2D eigenvalue weighted by molar-refractivity contribution is -0.125. The van der Waals surface area contributed by atoms with Crippen molar-refractivity contribution in [1.29, 1.82) is 0 Å². The highest BCUT2D eigenvalue weighted by molar-refractivity contribution is 6.09. The number of carbonyl (C=O) groups excluding carboxylic acids is 3. The molecule has 0 spiro atoms. The molecule has 1 aromatic heterocycles. The maximum Gasteiger partial charge on any atom is 0.253 e. The van der Waals surface area contributed by atoms with E-state index in [0.29, 0.717) is 17.0 Å². The van der Waals surface area contributed by atoms with Gasteiger partial charge < -0.3 is 19.5 Å². The first-order valence-electron chi connectivity index (χ1n) is 11.4. The monoisotopic (exact) mass is 436 g/mol. The number of carbonyl (C=O) groups is 3. The summed E-state index contributed by atoms with van der Waals surface area (Å²) in [6, 6.07) is 8.89. The predicted octanol–water partition coefficient (Wildman–Crippen LogP) is 2.54. The molecular weight excluding hydrogens is 408 g/mol. The smallest absolute Gasteiger partial charge is 0.253 e. The Morgan fingerprint density at radius 2 is 1.84 bits per heavy atom. The minimum Gasteiger partial charge on any atom is -0.467 e. The van der Waals surface area contributed by atoms with Crippen LogP contribution in [0, 0.1) is 0 Å². The zero-order valence-corrected chi connectivity index (χ0v) is 18.1. The maximum atomic E-state index is 13.4. The number of benzene rings is 1. The highest BCUT2D eigenvalue weighted by Crippen LogP contribution is 2.40. The second-order valence-electron chi connectivity index (χ2n) is 8.69. The summed E-state index contributed by atoms with van der Waals surface area (Å²) in [4.78, 5) is 44.7.